The third-order valence-electron chi connectivity index (χ3n) is 6.15. The Bertz CT molecular complexity index is 751. The summed E-state index contributed by atoms with van der Waals surface area (Å²) in [4.78, 5) is 27.6. The van der Waals surface area contributed by atoms with Crippen molar-refractivity contribution in [2.24, 2.45) is 11.8 Å². The van der Waals surface area contributed by atoms with Crippen LogP contribution in [0.5, 0.6) is 0 Å². The molecule has 0 aromatic heterocycles. The number of piperidine rings is 1. The zero-order valence-corrected chi connectivity index (χ0v) is 15.3. The van der Waals surface area contributed by atoms with Crippen molar-refractivity contribution in [2.75, 3.05) is 13.1 Å². The van der Waals surface area contributed by atoms with Crippen molar-refractivity contribution in [1.82, 2.24) is 4.90 Å². The average Bonchev–Trinajstić information content (AvgIpc) is 2.69. The van der Waals surface area contributed by atoms with E-state index in [0.717, 1.165) is 43.5 Å². The quantitative estimate of drug-likeness (QED) is 0.896. The Hall–Kier alpha value is -2.62. The Labute approximate surface area is 159 Å². The second kappa shape index (κ2) is 7.55. The van der Waals surface area contributed by atoms with Gasteiger partial charge in [-0.1, -0.05) is 60.7 Å². The van der Waals surface area contributed by atoms with E-state index in [4.69, 9.17) is 0 Å². The standard InChI is InChI=1S/C23H25NO3/c25-22(24-14-8-3-9-15-24)20-18(16-10-4-1-5-11-16)21(23(26)27)19(20)17-12-6-2-7-13-17/h1-2,4-7,10-13,18-21H,3,8-9,14-15H2,(H,26,27)/t18-,19+,20?,21?. The second-order valence-corrected chi connectivity index (χ2v) is 7.65. The van der Waals surface area contributed by atoms with Gasteiger partial charge >= 0.3 is 5.97 Å². The number of amides is 1. The lowest BCUT2D eigenvalue weighted by Crippen LogP contribution is -2.55. The minimum atomic E-state index is -0.819. The number of hydrogen-bond donors (Lipinski definition) is 1. The number of rotatable bonds is 4. The molecule has 4 atom stereocenters. The lowest BCUT2D eigenvalue weighted by Gasteiger charge is -2.51. The number of carbonyl (C=O) groups excluding carboxylic acids is 1. The molecule has 1 aliphatic heterocycles. The highest BCUT2D eigenvalue weighted by Crippen LogP contribution is 2.58. The summed E-state index contributed by atoms with van der Waals surface area (Å²) in [6.45, 7) is 1.58. The van der Waals surface area contributed by atoms with Crippen molar-refractivity contribution in [1.29, 1.82) is 0 Å². The molecule has 1 N–H and O–H groups in total. The predicted molar refractivity (Wildman–Crippen MR) is 103 cm³/mol. The molecule has 0 radical (unpaired) electrons. The number of carboxylic acids is 1. The van der Waals surface area contributed by atoms with Crippen LogP contribution >= 0.6 is 0 Å². The van der Waals surface area contributed by atoms with Crippen LogP contribution in [0.15, 0.2) is 60.7 Å². The van der Waals surface area contributed by atoms with E-state index in [2.05, 4.69) is 0 Å². The van der Waals surface area contributed by atoms with E-state index in [-0.39, 0.29) is 23.7 Å². The molecule has 0 spiro atoms. The second-order valence-electron chi connectivity index (χ2n) is 7.65. The molecule has 4 heteroatoms. The minimum Gasteiger partial charge on any atom is -0.481 e. The molecule has 2 unspecified atom stereocenters. The number of likely N-dealkylation sites (tertiary alicyclic amines) is 1. The summed E-state index contributed by atoms with van der Waals surface area (Å²) in [5, 5.41) is 9.98. The van der Waals surface area contributed by atoms with Gasteiger partial charge < -0.3 is 10.0 Å². The van der Waals surface area contributed by atoms with Crippen LogP contribution in [0.4, 0.5) is 0 Å². The topological polar surface area (TPSA) is 57.6 Å². The van der Waals surface area contributed by atoms with Crippen LogP contribution in [0, 0.1) is 11.8 Å². The number of aliphatic carboxylic acids is 1. The Morgan fingerprint density at radius 1 is 0.741 bits per heavy atom. The van der Waals surface area contributed by atoms with Gasteiger partial charge in [-0.25, -0.2) is 0 Å². The Balaban J connectivity index is 1.73. The fourth-order valence-electron chi connectivity index (χ4n) is 4.87. The Morgan fingerprint density at radius 3 is 1.67 bits per heavy atom. The maximum absolute atomic E-state index is 13.4. The molecule has 2 aromatic rings. The maximum Gasteiger partial charge on any atom is 0.307 e. The highest BCUT2D eigenvalue weighted by atomic mass is 16.4. The lowest BCUT2D eigenvalue weighted by atomic mass is 9.52. The van der Waals surface area contributed by atoms with Crippen LogP contribution in [0.1, 0.15) is 42.2 Å². The van der Waals surface area contributed by atoms with Crippen molar-refractivity contribution in [3.8, 4) is 0 Å². The van der Waals surface area contributed by atoms with Crippen LogP contribution in [0.3, 0.4) is 0 Å². The van der Waals surface area contributed by atoms with E-state index in [1.807, 2.05) is 65.6 Å². The van der Waals surface area contributed by atoms with Gasteiger partial charge in [0.2, 0.25) is 5.91 Å². The zero-order chi connectivity index (χ0) is 18.8. The maximum atomic E-state index is 13.4. The Morgan fingerprint density at radius 2 is 1.22 bits per heavy atom. The fraction of sp³-hybridized carbons (Fsp3) is 0.391. The fourth-order valence-corrected chi connectivity index (χ4v) is 4.87. The van der Waals surface area contributed by atoms with Crippen LogP contribution in [0.2, 0.25) is 0 Å². The normalized spacial score (nSPS) is 27.6. The third-order valence-corrected chi connectivity index (χ3v) is 6.15. The smallest absolute Gasteiger partial charge is 0.307 e. The van der Waals surface area contributed by atoms with Crippen molar-refractivity contribution >= 4 is 11.9 Å². The summed E-state index contributed by atoms with van der Waals surface area (Å²) in [6, 6.07) is 19.4. The number of carboxylic acid groups (broad SMARTS) is 1. The van der Waals surface area contributed by atoms with E-state index in [0.29, 0.717) is 0 Å². The summed E-state index contributed by atoms with van der Waals surface area (Å²) in [5.74, 6) is -2.13. The van der Waals surface area contributed by atoms with Crippen molar-refractivity contribution < 1.29 is 14.7 Å². The van der Waals surface area contributed by atoms with E-state index in [1.165, 1.54) is 0 Å². The monoisotopic (exact) mass is 363 g/mol. The highest BCUT2D eigenvalue weighted by Gasteiger charge is 2.58. The van der Waals surface area contributed by atoms with Gasteiger partial charge in [0, 0.05) is 24.9 Å². The van der Waals surface area contributed by atoms with Gasteiger partial charge in [0.1, 0.15) is 0 Å². The van der Waals surface area contributed by atoms with Gasteiger partial charge in [0.15, 0.2) is 0 Å². The Kier molecular flexibility index (Phi) is 4.97. The summed E-state index contributed by atoms with van der Waals surface area (Å²) in [6.07, 6.45) is 3.23. The van der Waals surface area contributed by atoms with Gasteiger partial charge in [-0.05, 0) is 30.4 Å². The van der Waals surface area contributed by atoms with Gasteiger partial charge in [-0.3, -0.25) is 9.59 Å². The van der Waals surface area contributed by atoms with E-state index < -0.39 is 11.9 Å². The van der Waals surface area contributed by atoms with Gasteiger partial charge in [0.25, 0.3) is 0 Å². The van der Waals surface area contributed by atoms with Gasteiger partial charge in [-0.2, -0.15) is 0 Å². The summed E-state index contributed by atoms with van der Waals surface area (Å²) in [7, 11) is 0. The molecule has 4 nitrogen and oxygen atoms in total. The first-order valence-electron chi connectivity index (χ1n) is 9.80. The molecule has 4 rings (SSSR count). The lowest BCUT2D eigenvalue weighted by molar-refractivity contribution is -0.157. The van der Waals surface area contributed by atoms with Crippen molar-refractivity contribution in [3.05, 3.63) is 71.8 Å². The molecule has 1 saturated carbocycles. The molecule has 1 amide bonds. The molecule has 1 aliphatic carbocycles. The van der Waals surface area contributed by atoms with E-state index in [1.54, 1.807) is 0 Å². The molecule has 2 aromatic carbocycles. The first-order chi connectivity index (χ1) is 13.2. The van der Waals surface area contributed by atoms with E-state index >= 15 is 0 Å². The van der Waals surface area contributed by atoms with Gasteiger partial charge in [0.05, 0.1) is 11.8 Å². The summed E-state index contributed by atoms with van der Waals surface area (Å²) in [5.41, 5.74) is 1.90. The average molecular weight is 363 g/mol. The third kappa shape index (κ3) is 3.25. The van der Waals surface area contributed by atoms with Crippen molar-refractivity contribution in [2.45, 2.75) is 31.1 Å². The first kappa shape index (κ1) is 17.8. The molecule has 1 saturated heterocycles. The number of hydrogen-bond acceptors (Lipinski definition) is 2. The molecule has 27 heavy (non-hydrogen) atoms. The molecule has 2 fully saturated rings. The van der Waals surface area contributed by atoms with E-state index in [9.17, 15) is 14.7 Å². The SMILES string of the molecule is O=C(O)C1[C@@H](c2ccccc2)C(C(=O)N2CCCCC2)[C@H]1c1ccccc1. The van der Waals surface area contributed by atoms with Crippen molar-refractivity contribution in [3.63, 3.8) is 0 Å². The van der Waals surface area contributed by atoms with Crippen LogP contribution in [-0.2, 0) is 9.59 Å². The number of carbonyl (C=O) groups is 2. The first-order valence-corrected chi connectivity index (χ1v) is 9.80. The minimum absolute atomic E-state index is 0.120. The molecule has 0 bridgehead atoms. The summed E-state index contributed by atoms with van der Waals surface area (Å²) < 4.78 is 0. The largest absolute Gasteiger partial charge is 0.481 e. The molecule has 140 valence electrons. The molecular weight excluding hydrogens is 338 g/mol. The molecule has 2 aliphatic rings. The number of nitrogens with zero attached hydrogens (tertiary/aromatic N) is 1. The summed E-state index contributed by atoms with van der Waals surface area (Å²) >= 11 is 0. The van der Waals surface area contributed by atoms with Crippen LogP contribution < -0.4 is 0 Å². The zero-order valence-electron chi connectivity index (χ0n) is 15.3. The predicted octanol–water partition coefficient (Wildman–Crippen LogP) is 3.90. The van der Waals surface area contributed by atoms with Crippen LogP contribution in [0.25, 0.3) is 0 Å². The highest BCUT2D eigenvalue weighted by molar-refractivity contribution is 5.87. The van der Waals surface area contributed by atoms with Crippen LogP contribution in [-0.4, -0.2) is 35.0 Å². The molecule has 1 heterocycles. The molecular formula is C23H25NO3. The van der Waals surface area contributed by atoms with Gasteiger partial charge in [-0.15, -0.1) is 0 Å². The number of benzene rings is 2.